The molecule has 0 N–H and O–H groups in total. The highest BCUT2D eigenvalue weighted by molar-refractivity contribution is 9.10. The van der Waals surface area contributed by atoms with Crippen molar-refractivity contribution < 1.29 is 4.79 Å². The van der Waals surface area contributed by atoms with Crippen molar-refractivity contribution in [3.63, 3.8) is 0 Å². The minimum Gasteiger partial charge on any atom is -0.294 e. The molecule has 3 heteroatoms. The number of carbonyl (C=O) groups excluding carboxylic acids is 1. The molecule has 0 aliphatic rings. The van der Waals surface area contributed by atoms with Crippen molar-refractivity contribution in [3.8, 4) is 0 Å². The Bertz CT molecular complexity index is 760. The fourth-order valence-electron chi connectivity index (χ4n) is 2.21. The minimum atomic E-state index is 0.0941. The van der Waals surface area contributed by atoms with Crippen molar-refractivity contribution in [1.29, 1.82) is 0 Å². The molecule has 0 saturated carbocycles. The number of carbonyl (C=O) groups is 1. The smallest absolute Gasteiger partial charge is 0.169 e. The van der Waals surface area contributed by atoms with Crippen LogP contribution in [0.4, 0.5) is 0 Å². The number of halogens is 1. The number of hydrogen-bond donors (Lipinski definition) is 0. The van der Waals surface area contributed by atoms with Gasteiger partial charge in [0, 0.05) is 28.0 Å². The van der Waals surface area contributed by atoms with Gasteiger partial charge in [0.05, 0.1) is 5.52 Å². The summed E-state index contributed by atoms with van der Waals surface area (Å²) in [6.45, 7) is 0. The molecule has 98 valence electrons. The van der Waals surface area contributed by atoms with E-state index in [1.165, 1.54) is 0 Å². The van der Waals surface area contributed by atoms with Gasteiger partial charge in [-0.1, -0.05) is 46.3 Å². The second kappa shape index (κ2) is 5.55. The zero-order valence-electron chi connectivity index (χ0n) is 10.7. The fraction of sp³-hybridized carbons (Fsp3) is 0.0588. The van der Waals surface area contributed by atoms with Gasteiger partial charge in [-0.05, 0) is 29.8 Å². The number of nitrogens with zero attached hydrogens (tertiary/aromatic N) is 1. The summed E-state index contributed by atoms with van der Waals surface area (Å²) in [7, 11) is 0. The normalized spacial score (nSPS) is 10.7. The van der Waals surface area contributed by atoms with Gasteiger partial charge in [-0.25, -0.2) is 0 Å². The Balaban J connectivity index is 1.94. The number of hydrogen-bond acceptors (Lipinski definition) is 2. The van der Waals surface area contributed by atoms with Crippen molar-refractivity contribution >= 4 is 32.6 Å². The first-order valence-corrected chi connectivity index (χ1v) is 7.15. The molecule has 3 rings (SSSR count). The van der Waals surface area contributed by atoms with Crippen LogP contribution in [0.25, 0.3) is 10.9 Å². The van der Waals surface area contributed by atoms with Gasteiger partial charge in [0.15, 0.2) is 5.78 Å². The quantitative estimate of drug-likeness (QED) is 0.667. The van der Waals surface area contributed by atoms with E-state index in [9.17, 15) is 4.79 Å². The molecule has 2 nitrogen and oxygen atoms in total. The summed E-state index contributed by atoms with van der Waals surface area (Å²) in [5.74, 6) is 0.0941. The third kappa shape index (κ3) is 2.63. The molecular weight excluding hydrogens is 314 g/mol. The van der Waals surface area contributed by atoms with Gasteiger partial charge in [-0.15, -0.1) is 0 Å². The predicted molar refractivity (Wildman–Crippen MR) is 83.9 cm³/mol. The van der Waals surface area contributed by atoms with E-state index in [0.29, 0.717) is 12.0 Å². The lowest BCUT2D eigenvalue weighted by Gasteiger charge is -2.05. The van der Waals surface area contributed by atoms with E-state index in [1.807, 2.05) is 54.6 Å². The number of ketones is 1. The predicted octanol–water partition coefficient (Wildman–Crippen LogP) is 4.42. The maximum atomic E-state index is 12.5. The zero-order valence-corrected chi connectivity index (χ0v) is 12.3. The molecule has 1 heterocycles. The molecule has 0 radical (unpaired) electrons. The lowest BCUT2D eigenvalue weighted by atomic mass is 10.0. The highest BCUT2D eigenvalue weighted by atomic mass is 79.9. The van der Waals surface area contributed by atoms with E-state index < -0.39 is 0 Å². The third-order valence-corrected chi connectivity index (χ3v) is 3.74. The second-order valence-electron chi connectivity index (χ2n) is 4.61. The average Bonchev–Trinajstić information content (AvgIpc) is 2.49. The summed E-state index contributed by atoms with van der Waals surface area (Å²) in [4.78, 5) is 16.8. The van der Waals surface area contributed by atoms with E-state index in [1.54, 1.807) is 6.20 Å². The lowest BCUT2D eigenvalue weighted by Crippen LogP contribution is -2.04. The Morgan fingerprint density at radius 3 is 2.55 bits per heavy atom. The number of rotatable bonds is 3. The topological polar surface area (TPSA) is 30.0 Å². The van der Waals surface area contributed by atoms with Crippen LogP contribution in [-0.4, -0.2) is 10.8 Å². The Morgan fingerprint density at radius 2 is 1.75 bits per heavy atom. The lowest BCUT2D eigenvalue weighted by molar-refractivity contribution is 0.0994. The number of aromatic nitrogens is 1. The SMILES string of the molecule is O=C(Cc1ccc(Br)cc1)c1cccc2cccnc12. The Morgan fingerprint density at radius 1 is 1.00 bits per heavy atom. The van der Waals surface area contributed by atoms with Crippen LogP contribution in [0.5, 0.6) is 0 Å². The number of fused-ring (bicyclic) bond motifs is 1. The van der Waals surface area contributed by atoms with Crippen molar-refractivity contribution in [2.45, 2.75) is 6.42 Å². The molecule has 0 atom stereocenters. The molecule has 3 aromatic rings. The van der Waals surface area contributed by atoms with Crippen molar-refractivity contribution in [3.05, 3.63) is 76.4 Å². The maximum Gasteiger partial charge on any atom is 0.169 e. The summed E-state index contributed by atoms with van der Waals surface area (Å²) in [5, 5.41) is 0.995. The number of Topliss-reactive ketones (excluding diaryl/α,β-unsaturated/α-hetero) is 1. The van der Waals surface area contributed by atoms with Gasteiger partial charge in [0.1, 0.15) is 0 Å². The van der Waals surface area contributed by atoms with Crippen LogP contribution in [0, 0.1) is 0 Å². The van der Waals surface area contributed by atoms with Crippen LogP contribution in [0.15, 0.2) is 65.3 Å². The summed E-state index contributed by atoms with van der Waals surface area (Å²) in [6, 6.07) is 17.4. The number of benzene rings is 2. The average molecular weight is 326 g/mol. The van der Waals surface area contributed by atoms with Crippen LogP contribution in [0.3, 0.4) is 0 Å². The molecular formula is C17H12BrNO. The third-order valence-electron chi connectivity index (χ3n) is 3.21. The molecule has 0 bridgehead atoms. The van der Waals surface area contributed by atoms with E-state index in [0.717, 1.165) is 20.9 Å². The Kier molecular flexibility index (Phi) is 3.61. The van der Waals surface area contributed by atoms with Crippen LogP contribution >= 0.6 is 15.9 Å². The number of pyridine rings is 1. The van der Waals surface area contributed by atoms with Crippen LogP contribution in [0.2, 0.25) is 0 Å². The van der Waals surface area contributed by atoms with Crippen LogP contribution in [0.1, 0.15) is 15.9 Å². The number of para-hydroxylation sites is 1. The Hall–Kier alpha value is -2.00. The summed E-state index contributed by atoms with van der Waals surface area (Å²) < 4.78 is 1.01. The van der Waals surface area contributed by atoms with Gasteiger partial charge in [-0.2, -0.15) is 0 Å². The molecule has 0 aliphatic heterocycles. The minimum absolute atomic E-state index is 0.0941. The highest BCUT2D eigenvalue weighted by Gasteiger charge is 2.11. The molecule has 2 aromatic carbocycles. The molecule has 0 spiro atoms. The van der Waals surface area contributed by atoms with Crippen molar-refractivity contribution in [1.82, 2.24) is 4.98 Å². The van der Waals surface area contributed by atoms with Crippen molar-refractivity contribution in [2.75, 3.05) is 0 Å². The molecule has 0 unspecified atom stereocenters. The Labute approximate surface area is 125 Å². The molecule has 0 fully saturated rings. The molecule has 0 amide bonds. The molecule has 1 aromatic heterocycles. The van der Waals surface area contributed by atoms with E-state index in [-0.39, 0.29) is 5.78 Å². The monoisotopic (exact) mass is 325 g/mol. The molecule has 0 aliphatic carbocycles. The first-order valence-electron chi connectivity index (χ1n) is 6.35. The van der Waals surface area contributed by atoms with E-state index in [2.05, 4.69) is 20.9 Å². The first kappa shape index (κ1) is 13.0. The van der Waals surface area contributed by atoms with Crippen LogP contribution < -0.4 is 0 Å². The first-order chi connectivity index (χ1) is 9.74. The largest absolute Gasteiger partial charge is 0.294 e. The fourth-order valence-corrected chi connectivity index (χ4v) is 2.48. The molecule has 20 heavy (non-hydrogen) atoms. The summed E-state index contributed by atoms with van der Waals surface area (Å²) >= 11 is 3.39. The zero-order chi connectivity index (χ0) is 13.9. The van der Waals surface area contributed by atoms with E-state index >= 15 is 0 Å². The van der Waals surface area contributed by atoms with Gasteiger partial charge < -0.3 is 0 Å². The summed E-state index contributed by atoms with van der Waals surface area (Å²) in [5.41, 5.74) is 2.47. The summed E-state index contributed by atoms with van der Waals surface area (Å²) in [6.07, 6.45) is 2.11. The van der Waals surface area contributed by atoms with Crippen LogP contribution in [-0.2, 0) is 6.42 Å². The maximum absolute atomic E-state index is 12.5. The van der Waals surface area contributed by atoms with Gasteiger partial charge in [0.2, 0.25) is 0 Å². The van der Waals surface area contributed by atoms with E-state index in [4.69, 9.17) is 0 Å². The van der Waals surface area contributed by atoms with Gasteiger partial charge in [0.25, 0.3) is 0 Å². The standard InChI is InChI=1S/C17H12BrNO/c18-14-8-6-12(7-9-14)11-16(20)15-5-1-3-13-4-2-10-19-17(13)15/h1-10H,11H2. The second-order valence-corrected chi connectivity index (χ2v) is 5.52. The van der Waals surface area contributed by atoms with Gasteiger partial charge >= 0.3 is 0 Å². The van der Waals surface area contributed by atoms with Crippen molar-refractivity contribution in [2.24, 2.45) is 0 Å². The van der Waals surface area contributed by atoms with Gasteiger partial charge in [-0.3, -0.25) is 9.78 Å². The molecule has 0 saturated heterocycles. The highest BCUT2D eigenvalue weighted by Crippen LogP contribution is 2.18.